The van der Waals surface area contributed by atoms with Crippen LogP contribution in [0.3, 0.4) is 0 Å². The Morgan fingerprint density at radius 1 is 1.40 bits per heavy atom. The maximum atomic E-state index is 12.3. The molecule has 0 unspecified atom stereocenters. The van der Waals surface area contributed by atoms with E-state index in [1.165, 1.54) is 11.3 Å². The maximum Gasteiger partial charge on any atom is 0.258 e. The van der Waals surface area contributed by atoms with Crippen LogP contribution in [0.4, 0.5) is 5.13 Å². The SMILES string of the molecule is CC(C)(C)c1csc(NC(=O)c2cc(Br)ccc2I)n1. The Labute approximate surface area is 144 Å². The zero-order valence-electron chi connectivity index (χ0n) is 11.3. The summed E-state index contributed by atoms with van der Waals surface area (Å²) in [4.78, 5) is 16.7. The van der Waals surface area contributed by atoms with Crippen molar-refractivity contribution in [2.75, 3.05) is 5.32 Å². The molecule has 0 atom stereocenters. The first-order valence-corrected chi connectivity index (χ1v) is 8.75. The molecule has 0 saturated carbocycles. The second-order valence-electron chi connectivity index (χ2n) is 5.37. The first kappa shape index (κ1) is 15.9. The van der Waals surface area contributed by atoms with Crippen molar-refractivity contribution in [3.63, 3.8) is 0 Å². The molecule has 3 nitrogen and oxygen atoms in total. The van der Waals surface area contributed by atoms with E-state index in [2.05, 4.69) is 69.6 Å². The lowest BCUT2D eigenvalue weighted by Crippen LogP contribution is -2.15. The highest BCUT2D eigenvalue weighted by atomic mass is 127. The molecule has 1 aromatic carbocycles. The van der Waals surface area contributed by atoms with E-state index in [-0.39, 0.29) is 11.3 Å². The molecule has 0 aliphatic heterocycles. The van der Waals surface area contributed by atoms with E-state index < -0.39 is 0 Å². The zero-order chi connectivity index (χ0) is 14.9. The van der Waals surface area contributed by atoms with Gasteiger partial charge in [0.15, 0.2) is 5.13 Å². The number of hydrogen-bond donors (Lipinski definition) is 1. The standard InChI is InChI=1S/C14H14BrIN2OS/c1-14(2,3)11-7-20-13(17-11)18-12(19)9-6-8(15)4-5-10(9)16/h4-7H,1-3H3,(H,17,18,19). The molecule has 0 bridgehead atoms. The van der Waals surface area contributed by atoms with Gasteiger partial charge in [0.25, 0.3) is 5.91 Å². The van der Waals surface area contributed by atoms with Crippen LogP contribution in [0.5, 0.6) is 0 Å². The van der Waals surface area contributed by atoms with Crippen LogP contribution in [0.1, 0.15) is 36.8 Å². The number of anilines is 1. The number of carbonyl (C=O) groups excluding carboxylic acids is 1. The van der Waals surface area contributed by atoms with Gasteiger partial charge in [0.2, 0.25) is 0 Å². The normalized spacial score (nSPS) is 11.4. The summed E-state index contributed by atoms with van der Waals surface area (Å²) >= 11 is 6.99. The van der Waals surface area contributed by atoms with Crippen molar-refractivity contribution >= 4 is 60.9 Å². The molecule has 0 spiro atoms. The van der Waals surface area contributed by atoms with Crippen LogP contribution in [0.15, 0.2) is 28.1 Å². The summed E-state index contributed by atoms with van der Waals surface area (Å²) in [6.07, 6.45) is 0. The van der Waals surface area contributed by atoms with Crippen molar-refractivity contribution in [1.82, 2.24) is 4.98 Å². The number of amides is 1. The van der Waals surface area contributed by atoms with E-state index in [0.717, 1.165) is 13.7 Å². The molecule has 1 aromatic heterocycles. The summed E-state index contributed by atoms with van der Waals surface area (Å²) in [6.45, 7) is 6.31. The third-order valence-electron chi connectivity index (χ3n) is 2.67. The van der Waals surface area contributed by atoms with Gasteiger partial charge in [-0.2, -0.15) is 0 Å². The molecule has 1 heterocycles. The van der Waals surface area contributed by atoms with Gasteiger partial charge in [-0.25, -0.2) is 4.98 Å². The van der Waals surface area contributed by atoms with E-state index in [1.54, 1.807) is 0 Å². The van der Waals surface area contributed by atoms with E-state index in [0.29, 0.717) is 10.7 Å². The third kappa shape index (κ3) is 3.79. The van der Waals surface area contributed by atoms with Crippen molar-refractivity contribution in [3.8, 4) is 0 Å². The molecular formula is C14H14BrIN2OS. The Bertz CT molecular complexity index is 649. The lowest BCUT2D eigenvalue weighted by Gasteiger charge is -2.14. The molecule has 2 aromatic rings. The molecule has 0 aliphatic carbocycles. The number of rotatable bonds is 2. The van der Waals surface area contributed by atoms with Gasteiger partial charge in [-0.1, -0.05) is 36.7 Å². The van der Waals surface area contributed by atoms with Crippen LogP contribution in [-0.4, -0.2) is 10.9 Å². The molecular weight excluding hydrogens is 451 g/mol. The molecule has 2 rings (SSSR count). The highest BCUT2D eigenvalue weighted by molar-refractivity contribution is 14.1. The number of nitrogens with one attached hydrogen (secondary N) is 1. The number of hydrogen-bond acceptors (Lipinski definition) is 3. The van der Waals surface area contributed by atoms with Crippen molar-refractivity contribution in [3.05, 3.63) is 42.9 Å². The minimum atomic E-state index is -0.134. The van der Waals surface area contributed by atoms with Gasteiger partial charge >= 0.3 is 0 Å². The molecule has 20 heavy (non-hydrogen) atoms. The number of nitrogens with zero attached hydrogens (tertiary/aromatic N) is 1. The molecule has 0 fully saturated rings. The van der Waals surface area contributed by atoms with Gasteiger partial charge in [0.1, 0.15) is 0 Å². The van der Waals surface area contributed by atoms with Crippen molar-refractivity contribution in [2.24, 2.45) is 0 Å². The molecule has 0 saturated heterocycles. The fourth-order valence-corrected chi connectivity index (χ4v) is 3.39. The predicted octanol–water partition coefficient (Wildman–Crippen LogP) is 5.06. The average Bonchev–Trinajstić information content (AvgIpc) is 2.80. The van der Waals surface area contributed by atoms with Gasteiger partial charge in [0.05, 0.1) is 11.3 Å². The molecule has 0 radical (unpaired) electrons. The summed E-state index contributed by atoms with van der Waals surface area (Å²) in [5, 5.41) is 5.48. The monoisotopic (exact) mass is 464 g/mol. The van der Waals surface area contributed by atoms with Crippen LogP contribution >= 0.6 is 49.9 Å². The van der Waals surface area contributed by atoms with Crippen LogP contribution in [-0.2, 0) is 5.41 Å². The summed E-state index contributed by atoms with van der Waals surface area (Å²) in [6, 6.07) is 5.64. The summed E-state index contributed by atoms with van der Waals surface area (Å²) in [5.74, 6) is -0.134. The Morgan fingerprint density at radius 3 is 2.70 bits per heavy atom. The van der Waals surface area contributed by atoms with E-state index in [4.69, 9.17) is 0 Å². The first-order valence-electron chi connectivity index (χ1n) is 6.00. The summed E-state index contributed by atoms with van der Waals surface area (Å²) < 4.78 is 1.80. The zero-order valence-corrected chi connectivity index (χ0v) is 15.9. The van der Waals surface area contributed by atoms with Gasteiger partial charge in [-0.05, 0) is 40.8 Å². The van der Waals surface area contributed by atoms with Crippen LogP contribution in [0, 0.1) is 3.57 Å². The van der Waals surface area contributed by atoms with Gasteiger partial charge < -0.3 is 0 Å². The third-order valence-corrected chi connectivity index (χ3v) is 4.86. The quantitative estimate of drug-likeness (QED) is 0.631. The fraction of sp³-hybridized carbons (Fsp3) is 0.286. The van der Waals surface area contributed by atoms with Crippen LogP contribution in [0.2, 0.25) is 0 Å². The highest BCUT2D eigenvalue weighted by Gasteiger charge is 2.19. The largest absolute Gasteiger partial charge is 0.298 e. The van der Waals surface area contributed by atoms with Crippen molar-refractivity contribution in [1.29, 1.82) is 0 Å². The molecule has 106 valence electrons. The van der Waals surface area contributed by atoms with Gasteiger partial charge in [-0.3, -0.25) is 10.1 Å². The van der Waals surface area contributed by atoms with Crippen molar-refractivity contribution < 1.29 is 4.79 Å². The van der Waals surface area contributed by atoms with E-state index >= 15 is 0 Å². The van der Waals surface area contributed by atoms with Crippen LogP contribution < -0.4 is 5.32 Å². The molecule has 1 N–H and O–H groups in total. The summed E-state index contributed by atoms with van der Waals surface area (Å²) in [5.41, 5.74) is 1.62. The summed E-state index contributed by atoms with van der Waals surface area (Å²) in [7, 11) is 0. The Kier molecular flexibility index (Phi) is 4.86. The molecule has 6 heteroatoms. The Balaban J connectivity index is 2.20. The van der Waals surface area contributed by atoms with E-state index in [9.17, 15) is 4.79 Å². The predicted molar refractivity (Wildman–Crippen MR) is 95.6 cm³/mol. The van der Waals surface area contributed by atoms with Crippen LogP contribution in [0.25, 0.3) is 0 Å². The smallest absolute Gasteiger partial charge is 0.258 e. The second kappa shape index (κ2) is 6.11. The Morgan fingerprint density at radius 2 is 2.10 bits per heavy atom. The Hall–Kier alpha value is -0.470. The number of halogens is 2. The number of carbonyl (C=O) groups is 1. The fourth-order valence-electron chi connectivity index (χ4n) is 1.51. The number of benzene rings is 1. The lowest BCUT2D eigenvalue weighted by atomic mass is 9.93. The lowest BCUT2D eigenvalue weighted by molar-refractivity contribution is 0.102. The average molecular weight is 465 g/mol. The van der Waals surface area contributed by atoms with Gasteiger partial charge in [0, 0.05) is 18.8 Å². The van der Waals surface area contributed by atoms with Gasteiger partial charge in [-0.15, -0.1) is 11.3 Å². The van der Waals surface area contributed by atoms with Crippen molar-refractivity contribution in [2.45, 2.75) is 26.2 Å². The maximum absolute atomic E-state index is 12.3. The minimum absolute atomic E-state index is 0.0102. The minimum Gasteiger partial charge on any atom is -0.298 e. The second-order valence-corrected chi connectivity index (χ2v) is 8.30. The first-order chi connectivity index (χ1) is 9.27. The highest BCUT2D eigenvalue weighted by Crippen LogP contribution is 2.27. The molecule has 1 amide bonds. The number of aromatic nitrogens is 1. The van der Waals surface area contributed by atoms with E-state index in [1.807, 2.05) is 23.6 Å². The molecule has 0 aliphatic rings. The number of thiazole rings is 1. The topological polar surface area (TPSA) is 42.0 Å².